The summed E-state index contributed by atoms with van der Waals surface area (Å²) in [5.74, 6) is -0.706. The molecule has 72 valence electrons. The van der Waals surface area contributed by atoms with Crippen LogP contribution in [-0.2, 0) is 19.6 Å². The Morgan fingerprint density at radius 2 is 1.92 bits per heavy atom. The molecule has 0 amide bonds. The quantitative estimate of drug-likeness (QED) is 0.212. The Balaban J connectivity index is -0.000000143. The van der Waals surface area contributed by atoms with Crippen LogP contribution in [0.5, 0.6) is 0 Å². The minimum Gasteiger partial charge on any atom is -0.748 e. The fraction of sp³-hybridized carbons (Fsp3) is 0.500. The number of esters is 1. The summed E-state index contributed by atoms with van der Waals surface area (Å²) in [5, 5.41) is 0. The minimum absolute atomic E-state index is 0. The van der Waals surface area contributed by atoms with Crippen LogP contribution in [0.1, 0.15) is 6.92 Å². The number of hydrogen-bond acceptors (Lipinski definition) is 5. The van der Waals surface area contributed by atoms with E-state index in [0.717, 1.165) is 6.08 Å². The molecule has 0 aromatic rings. The SMILES string of the molecule is C=CC(=O)OC.CCS(=O)(=O)[O-].[Na+]. The van der Waals surface area contributed by atoms with E-state index >= 15 is 0 Å². The first-order valence-electron chi connectivity index (χ1n) is 3.01. The van der Waals surface area contributed by atoms with Crippen molar-refractivity contribution in [3.63, 3.8) is 0 Å². The Labute approximate surface area is 100 Å². The molecule has 0 rings (SSSR count). The smallest absolute Gasteiger partial charge is 0.748 e. The van der Waals surface area contributed by atoms with E-state index in [4.69, 9.17) is 0 Å². The maximum atomic E-state index is 9.84. The minimum atomic E-state index is -3.91. The van der Waals surface area contributed by atoms with Crippen molar-refractivity contribution in [2.45, 2.75) is 6.92 Å². The van der Waals surface area contributed by atoms with Gasteiger partial charge in [-0.25, -0.2) is 13.2 Å². The molecule has 0 radical (unpaired) electrons. The molecular weight excluding hydrogens is 207 g/mol. The molecule has 0 N–H and O–H groups in total. The zero-order valence-corrected chi connectivity index (χ0v) is 10.8. The van der Waals surface area contributed by atoms with Gasteiger partial charge in [-0.1, -0.05) is 13.5 Å². The molecule has 0 aliphatic carbocycles. The van der Waals surface area contributed by atoms with E-state index in [0.29, 0.717) is 0 Å². The maximum Gasteiger partial charge on any atom is 1.00 e. The van der Waals surface area contributed by atoms with Crippen LogP contribution in [0.25, 0.3) is 0 Å². The van der Waals surface area contributed by atoms with E-state index < -0.39 is 16.1 Å². The van der Waals surface area contributed by atoms with Gasteiger partial charge < -0.3 is 9.29 Å². The van der Waals surface area contributed by atoms with Crippen LogP contribution < -0.4 is 29.6 Å². The molecular formula is C6H11NaO5S. The predicted molar refractivity (Wildman–Crippen MR) is 42.5 cm³/mol. The molecule has 0 aromatic carbocycles. The summed E-state index contributed by atoms with van der Waals surface area (Å²) in [4.78, 5) is 9.84. The van der Waals surface area contributed by atoms with Crippen LogP contribution in [0, 0.1) is 0 Å². The molecule has 0 aromatic heterocycles. The van der Waals surface area contributed by atoms with Gasteiger partial charge in [-0.2, -0.15) is 0 Å². The normalized spacial score (nSPS) is 8.54. The van der Waals surface area contributed by atoms with Gasteiger partial charge in [0.25, 0.3) is 0 Å². The number of rotatable bonds is 2. The summed E-state index contributed by atoms with van der Waals surface area (Å²) in [6, 6.07) is 0. The number of carbonyl (C=O) groups is 1. The van der Waals surface area contributed by atoms with Gasteiger partial charge in [0, 0.05) is 11.8 Å². The number of hydrogen-bond donors (Lipinski definition) is 0. The fourth-order valence-corrected chi connectivity index (χ4v) is 0.0833. The van der Waals surface area contributed by atoms with Gasteiger partial charge in [0.15, 0.2) is 0 Å². The van der Waals surface area contributed by atoms with E-state index in [1.54, 1.807) is 0 Å². The van der Waals surface area contributed by atoms with Gasteiger partial charge in [0.05, 0.1) is 17.2 Å². The number of carbonyl (C=O) groups excluding carboxylic acids is 1. The Morgan fingerprint density at radius 1 is 1.62 bits per heavy atom. The maximum absolute atomic E-state index is 9.84. The molecule has 0 aliphatic heterocycles. The number of ether oxygens (including phenoxy) is 1. The second-order valence-electron chi connectivity index (χ2n) is 1.57. The second kappa shape index (κ2) is 10.2. The topological polar surface area (TPSA) is 83.5 Å². The van der Waals surface area contributed by atoms with Crippen LogP contribution in [-0.4, -0.2) is 31.8 Å². The third kappa shape index (κ3) is 24.5. The molecule has 7 heteroatoms. The van der Waals surface area contributed by atoms with Gasteiger partial charge in [0.2, 0.25) is 0 Å². The third-order valence-corrected chi connectivity index (χ3v) is 1.43. The van der Waals surface area contributed by atoms with Crippen LogP contribution in [0.15, 0.2) is 12.7 Å². The number of methoxy groups -OCH3 is 1. The largest absolute Gasteiger partial charge is 1.00 e. The molecule has 0 saturated heterocycles. The van der Waals surface area contributed by atoms with Crippen molar-refractivity contribution in [3.8, 4) is 0 Å². The van der Waals surface area contributed by atoms with Gasteiger partial charge in [0.1, 0.15) is 0 Å². The zero-order chi connectivity index (χ0) is 10.2. The summed E-state index contributed by atoms with van der Waals surface area (Å²) in [7, 11) is -2.60. The molecule has 0 saturated carbocycles. The molecule has 0 heterocycles. The first-order chi connectivity index (χ1) is 5.37. The van der Waals surface area contributed by atoms with Gasteiger partial charge >= 0.3 is 35.5 Å². The van der Waals surface area contributed by atoms with Crippen molar-refractivity contribution in [2.24, 2.45) is 0 Å². The van der Waals surface area contributed by atoms with Crippen molar-refractivity contribution >= 4 is 16.1 Å². The molecule has 0 aliphatic rings. The first kappa shape index (κ1) is 18.8. The van der Waals surface area contributed by atoms with Crippen LogP contribution >= 0.6 is 0 Å². The van der Waals surface area contributed by atoms with E-state index in [1.165, 1.54) is 14.0 Å². The first-order valence-corrected chi connectivity index (χ1v) is 4.59. The van der Waals surface area contributed by atoms with Crippen LogP contribution in [0.3, 0.4) is 0 Å². The summed E-state index contributed by atoms with van der Waals surface area (Å²) < 4.78 is 32.5. The van der Waals surface area contributed by atoms with Crippen molar-refractivity contribution in [2.75, 3.05) is 12.9 Å². The molecule has 5 nitrogen and oxygen atoms in total. The molecule has 0 bridgehead atoms. The van der Waals surface area contributed by atoms with Crippen molar-refractivity contribution < 1.29 is 52.1 Å². The fourth-order valence-electron chi connectivity index (χ4n) is 0.0833. The summed E-state index contributed by atoms with van der Waals surface area (Å²) in [6.07, 6.45) is 1.11. The second-order valence-corrected chi connectivity index (χ2v) is 3.27. The Kier molecular flexibility index (Phi) is 14.8. The van der Waals surface area contributed by atoms with Gasteiger partial charge in [-0.05, 0) is 0 Å². The molecule has 0 spiro atoms. The van der Waals surface area contributed by atoms with E-state index in [9.17, 15) is 17.8 Å². The summed E-state index contributed by atoms with van der Waals surface area (Å²) in [6.45, 7) is 4.46. The zero-order valence-electron chi connectivity index (χ0n) is 7.94. The van der Waals surface area contributed by atoms with Crippen molar-refractivity contribution in [1.29, 1.82) is 0 Å². The average molecular weight is 218 g/mol. The Bertz CT molecular complexity index is 233. The predicted octanol–water partition coefficient (Wildman–Crippen LogP) is -3.10. The molecule has 0 unspecified atom stereocenters. The van der Waals surface area contributed by atoms with E-state index in [-0.39, 0.29) is 35.3 Å². The summed E-state index contributed by atoms with van der Waals surface area (Å²) >= 11 is 0. The van der Waals surface area contributed by atoms with Crippen molar-refractivity contribution in [3.05, 3.63) is 12.7 Å². The van der Waals surface area contributed by atoms with Crippen LogP contribution in [0.4, 0.5) is 0 Å². The van der Waals surface area contributed by atoms with Crippen molar-refractivity contribution in [1.82, 2.24) is 0 Å². The monoisotopic (exact) mass is 218 g/mol. The Morgan fingerprint density at radius 3 is 1.92 bits per heavy atom. The third-order valence-electron chi connectivity index (χ3n) is 0.721. The van der Waals surface area contributed by atoms with E-state index in [2.05, 4.69) is 11.3 Å². The Hall–Kier alpha value is 0.120. The standard InChI is InChI=1S/C4H6O2.C2H6O3S.Na/c1-3-4(5)6-2;1-2-6(3,4)5;/h3H,1H2,2H3;2H2,1H3,(H,3,4,5);/q;;+1/p-1. The van der Waals surface area contributed by atoms with Crippen LogP contribution in [0.2, 0.25) is 0 Å². The average Bonchev–Trinajstić information content (AvgIpc) is 2.03. The summed E-state index contributed by atoms with van der Waals surface area (Å²) in [5.41, 5.74) is 0. The molecule has 0 fully saturated rings. The molecule has 13 heavy (non-hydrogen) atoms. The van der Waals surface area contributed by atoms with Gasteiger partial charge in [-0.3, -0.25) is 0 Å². The van der Waals surface area contributed by atoms with E-state index in [1.807, 2.05) is 0 Å². The molecule has 0 atom stereocenters. The van der Waals surface area contributed by atoms with Gasteiger partial charge in [-0.15, -0.1) is 0 Å².